The molecule has 9 heavy (non-hydrogen) atoms. The van der Waals surface area contributed by atoms with Crippen LogP contribution in [0.25, 0.3) is 0 Å². The molecular weight excluding hydrogens is 146 g/mol. The maximum atomic E-state index is 10.1. The third-order valence-electron chi connectivity index (χ3n) is 0.638. The first-order valence-corrected chi connectivity index (χ1v) is 2.57. The summed E-state index contributed by atoms with van der Waals surface area (Å²) in [4.78, 5) is 20.1. The Morgan fingerprint density at radius 2 is 2.11 bits per heavy atom. The van der Waals surface area contributed by atoms with Crippen molar-refractivity contribution in [2.45, 2.75) is 6.92 Å². The van der Waals surface area contributed by atoms with E-state index in [1.54, 1.807) is 0 Å². The number of carbonyl (C=O) groups excluding carboxylic acids is 2. The topological polar surface area (TPSA) is 57.6 Å². The van der Waals surface area contributed by atoms with E-state index in [0.717, 1.165) is 6.92 Å². The van der Waals surface area contributed by atoms with Gasteiger partial charge in [0.15, 0.2) is 0 Å². The van der Waals surface area contributed by atoms with Crippen LogP contribution in [0, 0.1) is 0 Å². The summed E-state index contributed by atoms with van der Waals surface area (Å²) in [5.41, 5.74) is 0. The molecule has 0 unspecified atom stereocenters. The first-order chi connectivity index (χ1) is 4.04. The van der Waals surface area contributed by atoms with Crippen LogP contribution in [0.4, 0.5) is 0 Å². The van der Waals surface area contributed by atoms with Crippen molar-refractivity contribution in [3.63, 3.8) is 0 Å². The molecule has 0 atom stereocenters. The van der Waals surface area contributed by atoms with Gasteiger partial charge in [0.1, 0.15) is 6.54 Å². The van der Waals surface area contributed by atoms with E-state index < -0.39 is 17.7 Å². The molecule has 0 aliphatic carbocycles. The van der Waals surface area contributed by atoms with Crippen LogP contribution in [0.5, 0.6) is 0 Å². The van der Waals surface area contributed by atoms with Crippen LogP contribution in [0.3, 0.4) is 0 Å². The number of rotatable bonds is 2. The highest BCUT2D eigenvalue weighted by atomic mass is 35.5. The van der Waals surface area contributed by atoms with Gasteiger partial charge in [-0.3, -0.25) is 14.8 Å². The van der Waals surface area contributed by atoms with Crippen molar-refractivity contribution >= 4 is 22.8 Å². The Kier molecular flexibility index (Phi) is 3.19. The van der Waals surface area contributed by atoms with E-state index in [1.807, 2.05) is 0 Å². The molecule has 0 saturated carbocycles. The summed E-state index contributed by atoms with van der Waals surface area (Å²) in [6, 6.07) is 0. The summed E-state index contributed by atoms with van der Waals surface area (Å²) in [6.45, 7) is 0.663. The van der Waals surface area contributed by atoms with Crippen molar-refractivity contribution in [3.8, 4) is 0 Å². The van der Waals surface area contributed by atoms with Crippen LogP contribution in [0.15, 0.2) is 0 Å². The van der Waals surface area contributed by atoms with Gasteiger partial charge >= 0.3 is 0 Å². The zero-order valence-corrected chi connectivity index (χ0v) is 5.55. The second kappa shape index (κ2) is 3.42. The number of carbonyl (C=O) groups is 2. The number of amides is 1. The average molecular weight is 152 g/mol. The lowest BCUT2D eigenvalue weighted by molar-refractivity contribution is -0.164. The Hall–Kier alpha value is -0.610. The van der Waals surface area contributed by atoms with Crippen LogP contribution in [0.1, 0.15) is 6.92 Å². The molecule has 0 aliphatic rings. The molecule has 1 N–H and O–H groups in total. The van der Waals surface area contributed by atoms with Crippen molar-refractivity contribution in [2.75, 3.05) is 6.54 Å². The summed E-state index contributed by atoms with van der Waals surface area (Å²) in [7, 11) is 0. The van der Waals surface area contributed by atoms with Gasteiger partial charge in [0.2, 0.25) is 11.1 Å². The minimum absolute atomic E-state index is 0.245. The highest BCUT2D eigenvalue weighted by Gasteiger charge is 2.06. The van der Waals surface area contributed by atoms with Crippen molar-refractivity contribution in [3.05, 3.63) is 0 Å². The van der Waals surface area contributed by atoms with Gasteiger partial charge in [-0.25, -0.2) is 5.06 Å². The van der Waals surface area contributed by atoms with E-state index in [-0.39, 0.29) is 5.06 Å². The highest BCUT2D eigenvalue weighted by molar-refractivity contribution is 6.64. The number of hydrogen-bond donors (Lipinski definition) is 1. The summed E-state index contributed by atoms with van der Waals surface area (Å²) in [5.74, 6) is -0.607. The molecule has 0 heterocycles. The van der Waals surface area contributed by atoms with E-state index in [2.05, 4.69) is 0 Å². The molecule has 0 rings (SSSR count). The van der Waals surface area contributed by atoms with E-state index >= 15 is 0 Å². The Morgan fingerprint density at radius 1 is 1.67 bits per heavy atom. The van der Waals surface area contributed by atoms with Gasteiger partial charge in [-0.1, -0.05) is 0 Å². The van der Waals surface area contributed by atoms with Crippen LogP contribution < -0.4 is 0 Å². The number of halogens is 1. The summed E-state index contributed by atoms with van der Waals surface area (Å²) in [6.07, 6.45) is 0. The van der Waals surface area contributed by atoms with Crippen molar-refractivity contribution in [1.29, 1.82) is 0 Å². The molecule has 0 aromatic carbocycles. The minimum atomic E-state index is -0.771. The number of hydroxylamine groups is 2. The van der Waals surface area contributed by atoms with Gasteiger partial charge in [0, 0.05) is 6.92 Å². The Morgan fingerprint density at radius 3 is 2.22 bits per heavy atom. The fourth-order valence-electron chi connectivity index (χ4n) is 0.229. The first-order valence-electron chi connectivity index (χ1n) is 2.19. The van der Waals surface area contributed by atoms with Gasteiger partial charge in [-0.05, 0) is 11.6 Å². The molecule has 4 nitrogen and oxygen atoms in total. The Balaban J connectivity index is 3.63. The zero-order valence-electron chi connectivity index (χ0n) is 4.80. The monoisotopic (exact) mass is 151 g/mol. The van der Waals surface area contributed by atoms with Gasteiger partial charge in [-0.15, -0.1) is 0 Å². The molecule has 52 valence electrons. The molecular formula is C4H6ClNO3. The largest absolute Gasteiger partial charge is 0.285 e. The SMILES string of the molecule is CC(=O)N(O)CC(=O)Cl. The quantitative estimate of drug-likeness (QED) is 0.343. The molecule has 0 aromatic heterocycles. The average Bonchev–Trinajstić information content (AvgIpc) is 1.63. The lowest BCUT2D eigenvalue weighted by Gasteiger charge is -2.07. The fraction of sp³-hybridized carbons (Fsp3) is 0.500. The normalized spacial score (nSPS) is 8.78. The fourth-order valence-corrected chi connectivity index (χ4v) is 0.342. The smallest absolute Gasteiger partial charge is 0.243 e. The van der Waals surface area contributed by atoms with Gasteiger partial charge in [0.25, 0.3) is 0 Å². The zero-order chi connectivity index (χ0) is 7.44. The molecule has 0 fully saturated rings. The third-order valence-corrected chi connectivity index (χ3v) is 0.757. The van der Waals surface area contributed by atoms with E-state index in [9.17, 15) is 9.59 Å². The van der Waals surface area contributed by atoms with Crippen molar-refractivity contribution in [1.82, 2.24) is 5.06 Å². The predicted molar refractivity (Wildman–Crippen MR) is 30.0 cm³/mol. The molecule has 0 aromatic rings. The molecule has 0 bridgehead atoms. The second-order valence-electron chi connectivity index (χ2n) is 1.43. The maximum Gasteiger partial charge on any atom is 0.243 e. The van der Waals surface area contributed by atoms with Gasteiger partial charge in [0.05, 0.1) is 0 Å². The molecule has 0 radical (unpaired) electrons. The van der Waals surface area contributed by atoms with Crippen LogP contribution in [0.2, 0.25) is 0 Å². The van der Waals surface area contributed by atoms with Crippen LogP contribution in [-0.2, 0) is 9.59 Å². The van der Waals surface area contributed by atoms with Crippen LogP contribution >= 0.6 is 11.6 Å². The Labute approximate surface area is 57.0 Å². The third kappa shape index (κ3) is 3.93. The van der Waals surface area contributed by atoms with E-state index in [1.165, 1.54) is 0 Å². The van der Waals surface area contributed by atoms with Gasteiger partial charge < -0.3 is 0 Å². The lowest BCUT2D eigenvalue weighted by Crippen LogP contribution is -2.28. The van der Waals surface area contributed by atoms with Gasteiger partial charge in [-0.2, -0.15) is 0 Å². The van der Waals surface area contributed by atoms with Crippen molar-refractivity contribution < 1.29 is 14.8 Å². The van der Waals surface area contributed by atoms with Crippen LogP contribution in [-0.4, -0.2) is 28.0 Å². The number of hydrogen-bond acceptors (Lipinski definition) is 3. The first kappa shape index (κ1) is 8.39. The molecule has 0 spiro atoms. The van der Waals surface area contributed by atoms with E-state index in [4.69, 9.17) is 16.8 Å². The standard InChI is InChI=1S/C4H6ClNO3/c1-3(7)6(9)2-4(5)8/h9H,2H2,1H3. The highest BCUT2D eigenvalue weighted by Crippen LogP contribution is 1.86. The van der Waals surface area contributed by atoms with E-state index in [0.29, 0.717) is 0 Å². The van der Waals surface area contributed by atoms with Crippen molar-refractivity contribution in [2.24, 2.45) is 0 Å². The second-order valence-corrected chi connectivity index (χ2v) is 1.85. The molecule has 0 saturated heterocycles. The number of nitrogens with zero attached hydrogens (tertiary/aromatic N) is 1. The summed E-state index contributed by atoms with van der Waals surface area (Å²) >= 11 is 4.82. The lowest BCUT2D eigenvalue weighted by atomic mass is 10.6. The summed E-state index contributed by atoms with van der Waals surface area (Å²) < 4.78 is 0. The predicted octanol–water partition coefficient (Wildman–Crippen LogP) is -0.0105. The molecule has 0 aliphatic heterocycles. The molecule has 5 heteroatoms. The summed E-state index contributed by atoms with van der Waals surface area (Å²) in [5, 5.41) is 7.95. The molecule has 1 amide bonds. The maximum absolute atomic E-state index is 10.1. The minimum Gasteiger partial charge on any atom is -0.285 e. The Bertz CT molecular complexity index is 136.